The number of carbonyl (C=O) groups is 2. The average Bonchev–Trinajstić information content (AvgIpc) is 2.88. The van der Waals surface area contributed by atoms with Crippen molar-refractivity contribution < 1.29 is 14.0 Å². The lowest BCUT2D eigenvalue weighted by atomic mass is 10.2. The number of nitrogens with zero attached hydrogens (tertiary/aromatic N) is 4. The summed E-state index contributed by atoms with van der Waals surface area (Å²) in [4.78, 5) is 26.7. The second-order valence-electron chi connectivity index (χ2n) is 4.70. The maximum Gasteiger partial charge on any atom is 0.246 e. The molecule has 0 bridgehead atoms. The number of likely N-dealkylation sites (tertiary alicyclic amines) is 1. The van der Waals surface area contributed by atoms with Crippen LogP contribution in [0.5, 0.6) is 0 Å². The number of aryl methyl sites for hydroxylation is 1. The molecule has 7 heteroatoms. The zero-order chi connectivity index (χ0) is 14.0. The predicted octanol–water partition coefficient (Wildman–Crippen LogP) is 0.347. The van der Waals surface area contributed by atoms with Crippen molar-refractivity contribution in [2.75, 3.05) is 13.6 Å². The monoisotopic (exact) mass is 266 g/mol. The van der Waals surface area contributed by atoms with Gasteiger partial charge in [0.25, 0.3) is 0 Å². The Morgan fingerprint density at radius 3 is 2.63 bits per heavy atom. The molecule has 104 valence electrons. The van der Waals surface area contributed by atoms with Crippen LogP contribution in [0, 0.1) is 6.92 Å². The van der Waals surface area contributed by atoms with E-state index >= 15 is 0 Å². The van der Waals surface area contributed by atoms with Gasteiger partial charge in [0.05, 0.1) is 19.0 Å². The van der Waals surface area contributed by atoms with Crippen LogP contribution in [0.2, 0.25) is 0 Å². The number of hydrogen-bond donors (Lipinski definition) is 0. The number of rotatable bonds is 5. The minimum Gasteiger partial charge on any atom is -0.424 e. The summed E-state index contributed by atoms with van der Waals surface area (Å²) in [6.07, 6.45) is 1.11. The van der Waals surface area contributed by atoms with Crippen molar-refractivity contribution in [2.45, 2.75) is 39.3 Å². The molecule has 1 aromatic heterocycles. The molecule has 0 spiro atoms. The van der Waals surface area contributed by atoms with Crippen molar-refractivity contribution in [3.05, 3.63) is 11.8 Å². The standard InChI is InChI=1S/C12H18N4O3/c1-4-5-16(7-10-14-13-8(2)19-10)9-6-11(17)15(3)12(9)18/h9H,4-7H2,1-3H3/t9-/m0/s1. The van der Waals surface area contributed by atoms with Gasteiger partial charge in [0, 0.05) is 14.0 Å². The zero-order valence-electron chi connectivity index (χ0n) is 11.4. The predicted molar refractivity (Wildman–Crippen MR) is 65.9 cm³/mol. The van der Waals surface area contributed by atoms with Gasteiger partial charge in [0.1, 0.15) is 0 Å². The van der Waals surface area contributed by atoms with E-state index in [1.165, 1.54) is 11.9 Å². The van der Waals surface area contributed by atoms with Crippen LogP contribution in [0.4, 0.5) is 0 Å². The molecule has 0 aliphatic carbocycles. The molecule has 1 atom stereocenters. The van der Waals surface area contributed by atoms with Gasteiger partial charge in [-0.05, 0) is 13.0 Å². The highest BCUT2D eigenvalue weighted by Gasteiger charge is 2.39. The van der Waals surface area contributed by atoms with Gasteiger partial charge in [-0.15, -0.1) is 10.2 Å². The Morgan fingerprint density at radius 2 is 2.16 bits per heavy atom. The van der Waals surface area contributed by atoms with Crippen LogP contribution in [0.3, 0.4) is 0 Å². The van der Waals surface area contributed by atoms with E-state index < -0.39 is 6.04 Å². The highest BCUT2D eigenvalue weighted by Crippen LogP contribution is 2.19. The Hall–Kier alpha value is -1.76. The number of likely N-dealkylation sites (N-methyl/N-ethyl adjacent to an activating group) is 1. The fourth-order valence-electron chi connectivity index (χ4n) is 2.23. The third-order valence-electron chi connectivity index (χ3n) is 3.22. The van der Waals surface area contributed by atoms with Gasteiger partial charge in [-0.1, -0.05) is 6.92 Å². The molecule has 1 fully saturated rings. The number of hydrogen-bond acceptors (Lipinski definition) is 6. The second kappa shape index (κ2) is 5.48. The molecule has 0 N–H and O–H groups in total. The molecule has 0 radical (unpaired) electrons. The summed E-state index contributed by atoms with van der Waals surface area (Å²) >= 11 is 0. The van der Waals surface area contributed by atoms with Gasteiger partial charge in [-0.2, -0.15) is 0 Å². The van der Waals surface area contributed by atoms with Gasteiger partial charge >= 0.3 is 0 Å². The molecule has 7 nitrogen and oxygen atoms in total. The van der Waals surface area contributed by atoms with E-state index in [-0.39, 0.29) is 18.2 Å². The maximum atomic E-state index is 12.0. The first-order chi connectivity index (χ1) is 9.02. The normalized spacial score (nSPS) is 19.8. The number of carbonyl (C=O) groups excluding carboxylic acids is 2. The van der Waals surface area contributed by atoms with E-state index in [9.17, 15) is 9.59 Å². The third-order valence-corrected chi connectivity index (χ3v) is 3.22. The van der Waals surface area contributed by atoms with Crippen LogP contribution >= 0.6 is 0 Å². The smallest absolute Gasteiger partial charge is 0.246 e. The van der Waals surface area contributed by atoms with Gasteiger partial charge in [0.15, 0.2) is 0 Å². The molecule has 1 saturated heterocycles. The first kappa shape index (κ1) is 13.7. The first-order valence-electron chi connectivity index (χ1n) is 6.36. The molecule has 0 aromatic carbocycles. The summed E-state index contributed by atoms with van der Waals surface area (Å²) in [6.45, 7) is 4.85. The summed E-state index contributed by atoms with van der Waals surface area (Å²) in [5.74, 6) is 0.672. The van der Waals surface area contributed by atoms with Crippen LogP contribution in [-0.4, -0.2) is 51.4 Å². The fraction of sp³-hybridized carbons (Fsp3) is 0.667. The van der Waals surface area contributed by atoms with Crippen molar-refractivity contribution in [2.24, 2.45) is 0 Å². The van der Waals surface area contributed by atoms with Crippen molar-refractivity contribution in [1.82, 2.24) is 20.0 Å². The topological polar surface area (TPSA) is 79.5 Å². The van der Waals surface area contributed by atoms with E-state index in [0.717, 1.165) is 6.42 Å². The highest BCUT2D eigenvalue weighted by molar-refractivity contribution is 6.05. The largest absolute Gasteiger partial charge is 0.424 e. The van der Waals surface area contributed by atoms with Crippen molar-refractivity contribution in [3.63, 3.8) is 0 Å². The molecule has 1 aromatic rings. The summed E-state index contributed by atoms with van der Waals surface area (Å²) in [5, 5.41) is 7.70. The summed E-state index contributed by atoms with van der Waals surface area (Å²) in [5.41, 5.74) is 0. The molecular formula is C12H18N4O3. The van der Waals surface area contributed by atoms with Crippen molar-refractivity contribution in [1.29, 1.82) is 0 Å². The van der Waals surface area contributed by atoms with E-state index in [0.29, 0.717) is 24.9 Å². The molecule has 1 aliphatic rings. The highest BCUT2D eigenvalue weighted by atomic mass is 16.4. The molecule has 2 amide bonds. The Bertz CT molecular complexity index is 485. The molecule has 0 saturated carbocycles. The molecule has 2 rings (SSSR count). The molecule has 0 unspecified atom stereocenters. The van der Waals surface area contributed by atoms with Crippen molar-refractivity contribution in [3.8, 4) is 0 Å². The van der Waals surface area contributed by atoms with Gasteiger partial charge < -0.3 is 4.42 Å². The lowest BCUT2D eigenvalue weighted by Gasteiger charge is -2.24. The van der Waals surface area contributed by atoms with Crippen LogP contribution < -0.4 is 0 Å². The van der Waals surface area contributed by atoms with Crippen LogP contribution in [0.1, 0.15) is 31.5 Å². The van der Waals surface area contributed by atoms with Gasteiger partial charge in [0.2, 0.25) is 23.6 Å². The Morgan fingerprint density at radius 1 is 1.42 bits per heavy atom. The van der Waals surface area contributed by atoms with Crippen molar-refractivity contribution >= 4 is 11.8 Å². The second-order valence-corrected chi connectivity index (χ2v) is 4.70. The minimum absolute atomic E-state index is 0.141. The minimum atomic E-state index is -0.412. The lowest BCUT2D eigenvalue weighted by Crippen LogP contribution is -2.41. The molecule has 19 heavy (non-hydrogen) atoms. The SMILES string of the molecule is CCCN(Cc1nnc(C)o1)[C@H]1CC(=O)N(C)C1=O. The Kier molecular flexibility index (Phi) is 3.94. The summed E-state index contributed by atoms with van der Waals surface area (Å²) in [7, 11) is 1.52. The summed E-state index contributed by atoms with van der Waals surface area (Å²) < 4.78 is 5.34. The molecular weight excluding hydrogens is 248 g/mol. The fourth-order valence-corrected chi connectivity index (χ4v) is 2.23. The Balaban J connectivity index is 2.12. The average molecular weight is 266 g/mol. The van der Waals surface area contributed by atoms with E-state index in [4.69, 9.17) is 4.42 Å². The number of amides is 2. The summed E-state index contributed by atoms with van der Waals surface area (Å²) in [6, 6.07) is -0.412. The molecule has 1 aliphatic heterocycles. The lowest BCUT2D eigenvalue weighted by molar-refractivity contribution is -0.138. The molecule has 2 heterocycles. The zero-order valence-corrected chi connectivity index (χ0v) is 11.4. The number of aromatic nitrogens is 2. The number of imide groups is 1. The Labute approximate surface area is 111 Å². The van der Waals surface area contributed by atoms with Gasteiger partial charge in [-0.25, -0.2) is 0 Å². The van der Waals surface area contributed by atoms with Crippen LogP contribution in [-0.2, 0) is 16.1 Å². The van der Waals surface area contributed by atoms with Crippen LogP contribution in [0.25, 0.3) is 0 Å². The van der Waals surface area contributed by atoms with Crippen LogP contribution in [0.15, 0.2) is 4.42 Å². The first-order valence-corrected chi connectivity index (χ1v) is 6.36. The van der Waals surface area contributed by atoms with Gasteiger partial charge in [-0.3, -0.25) is 19.4 Å². The maximum absolute atomic E-state index is 12.0. The van der Waals surface area contributed by atoms with E-state index in [1.807, 2.05) is 11.8 Å². The van der Waals surface area contributed by atoms with E-state index in [2.05, 4.69) is 10.2 Å². The quantitative estimate of drug-likeness (QED) is 0.715. The van der Waals surface area contributed by atoms with E-state index in [1.54, 1.807) is 6.92 Å². The third kappa shape index (κ3) is 2.81.